The van der Waals surface area contributed by atoms with Gasteiger partial charge in [-0.05, 0) is 31.5 Å². The smallest absolute Gasteiger partial charge is 0.250 e. The Hall–Kier alpha value is -2.07. The number of amides is 1. The average molecular weight is 298 g/mol. The summed E-state index contributed by atoms with van der Waals surface area (Å²) in [7, 11) is 0. The minimum Gasteiger partial charge on any atom is -0.272 e. The molecule has 0 unspecified atom stereocenters. The fourth-order valence-electron chi connectivity index (χ4n) is 1.74. The van der Waals surface area contributed by atoms with E-state index in [1.165, 1.54) is 22.9 Å². The minimum atomic E-state index is -0.107. The molecule has 1 N–H and O–H groups in total. The molecule has 0 atom stereocenters. The van der Waals surface area contributed by atoms with Gasteiger partial charge < -0.3 is 0 Å². The van der Waals surface area contributed by atoms with Crippen molar-refractivity contribution in [2.45, 2.75) is 18.7 Å². The van der Waals surface area contributed by atoms with Gasteiger partial charge in [0, 0.05) is 4.90 Å². The molecule has 21 heavy (non-hydrogen) atoms. The van der Waals surface area contributed by atoms with Crippen LogP contribution in [0.5, 0.6) is 0 Å². The second kappa shape index (κ2) is 7.64. The van der Waals surface area contributed by atoms with Crippen LogP contribution in [0.4, 0.5) is 0 Å². The van der Waals surface area contributed by atoms with E-state index in [0.717, 1.165) is 10.5 Å². The molecule has 0 aliphatic heterocycles. The molecule has 0 fully saturated rings. The van der Waals surface area contributed by atoms with Crippen LogP contribution in [0.15, 0.2) is 58.5 Å². The molecule has 0 saturated heterocycles. The van der Waals surface area contributed by atoms with Crippen molar-refractivity contribution >= 4 is 23.9 Å². The summed E-state index contributed by atoms with van der Waals surface area (Å²) >= 11 is 1.50. The Kier molecular flexibility index (Phi) is 5.58. The first kappa shape index (κ1) is 15.3. The molecule has 1 amide bonds. The molecule has 0 heterocycles. The Morgan fingerprint density at radius 2 is 1.90 bits per heavy atom. The molecule has 4 heteroatoms. The predicted molar refractivity (Wildman–Crippen MR) is 88.8 cm³/mol. The summed E-state index contributed by atoms with van der Waals surface area (Å²) in [6, 6.07) is 16.1. The van der Waals surface area contributed by atoms with Gasteiger partial charge in [-0.2, -0.15) is 5.10 Å². The van der Waals surface area contributed by atoms with Gasteiger partial charge in [-0.25, -0.2) is 5.43 Å². The number of carbonyl (C=O) groups excluding carboxylic acids is 1. The highest BCUT2D eigenvalue weighted by Gasteiger charge is 2.01. The zero-order valence-corrected chi connectivity index (χ0v) is 13.0. The summed E-state index contributed by atoms with van der Waals surface area (Å²) in [5.74, 6) is 0.248. The Bertz CT molecular complexity index is 635. The van der Waals surface area contributed by atoms with Crippen molar-refractivity contribution < 1.29 is 4.79 Å². The molecule has 0 bridgehead atoms. The molecule has 0 aliphatic rings. The van der Waals surface area contributed by atoms with E-state index in [0.29, 0.717) is 5.75 Å². The monoisotopic (exact) mass is 298 g/mol. The van der Waals surface area contributed by atoms with Crippen molar-refractivity contribution in [1.29, 1.82) is 0 Å². The van der Waals surface area contributed by atoms with Crippen molar-refractivity contribution in [3.8, 4) is 0 Å². The molecule has 0 aliphatic carbocycles. The third-order valence-corrected chi connectivity index (χ3v) is 3.85. The van der Waals surface area contributed by atoms with Crippen LogP contribution < -0.4 is 5.43 Å². The van der Waals surface area contributed by atoms with Gasteiger partial charge in [0.15, 0.2) is 0 Å². The van der Waals surface area contributed by atoms with Crippen LogP contribution >= 0.6 is 11.8 Å². The van der Waals surface area contributed by atoms with Crippen LogP contribution in [-0.4, -0.2) is 17.9 Å². The number of nitrogens with zero attached hydrogens (tertiary/aromatic N) is 1. The molecule has 2 aromatic rings. The predicted octanol–water partition coefficient (Wildman–Crippen LogP) is 3.55. The average Bonchev–Trinajstić information content (AvgIpc) is 2.47. The number of carbonyl (C=O) groups is 1. The molecule has 0 radical (unpaired) electrons. The lowest BCUT2D eigenvalue weighted by Gasteiger charge is -2.01. The standard InChI is InChI=1S/C17H18N2OS/c1-13-6-8-16(9-7-13)21-12-17(20)19-18-11-15-5-3-4-14(2)10-15/h3-11H,12H2,1-2H3,(H,19,20)/b18-11-. The number of benzene rings is 2. The number of aryl methyl sites for hydroxylation is 2. The van der Waals surface area contributed by atoms with E-state index in [-0.39, 0.29) is 5.91 Å². The maximum absolute atomic E-state index is 11.7. The third-order valence-electron chi connectivity index (χ3n) is 2.84. The van der Waals surface area contributed by atoms with Crippen LogP contribution in [0.1, 0.15) is 16.7 Å². The van der Waals surface area contributed by atoms with Crippen LogP contribution in [0.2, 0.25) is 0 Å². The number of nitrogens with one attached hydrogen (secondary N) is 1. The fraction of sp³-hybridized carbons (Fsp3) is 0.176. The van der Waals surface area contributed by atoms with E-state index in [9.17, 15) is 4.79 Å². The van der Waals surface area contributed by atoms with E-state index in [2.05, 4.69) is 10.5 Å². The SMILES string of the molecule is Cc1ccc(SCC(=O)N/N=C\c2cccc(C)c2)cc1. The Labute approximate surface area is 129 Å². The van der Waals surface area contributed by atoms with Gasteiger partial charge in [-0.1, -0.05) is 47.5 Å². The second-order valence-corrected chi connectivity index (χ2v) is 5.86. The Morgan fingerprint density at radius 3 is 2.62 bits per heavy atom. The first-order valence-corrected chi connectivity index (χ1v) is 7.70. The van der Waals surface area contributed by atoms with Crippen molar-refractivity contribution in [3.63, 3.8) is 0 Å². The van der Waals surface area contributed by atoms with E-state index in [1.54, 1.807) is 6.21 Å². The van der Waals surface area contributed by atoms with Crippen molar-refractivity contribution in [2.75, 3.05) is 5.75 Å². The van der Waals surface area contributed by atoms with Crippen LogP contribution in [0, 0.1) is 13.8 Å². The first-order chi connectivity index (χ1) is 10.1. The lowest BCUT2D eigenvalue weighted by molar-refractivity contribution is -0.118. The molecule has 0 aromatic heterocycles. The molecule has 108 valence electrons. The summed E-state index contributed by atoms with van der Waals surface area (Å²) in [5, 5.41) is 3.97. The Balaban J connectivity index is 1.78. The van der Waals surface area contributed by atoms with E-state index in [4.69, 9.17) is 0 Å². The highest BCUT2D eigenvalue weighted by molar-refractivity contribution is 8.00. The number of hydrogen-bond acceptors (Lipinski definition) is 3. The van der Waals surface area contributed by atoms with Crippen molar-refractivity contribution in [1.82, 2.24) is 5.43 Å². The zero-order valence-electron chi connectivity index (χ0n) is 12.2. The molecular weight excluding hydrogens is 280 g/mol. The number of hydrogen-bond donors (Lipinski definition) is 1. The summed E-state index contributed by atoms with van der Waals surface area (Å²) in [6.45, 7) is 4.06. The van der Waals surface area contributed by atoms with E-state index >= 15 is 0 Å². The fourth-order valence-corrected chi connectivity index (χ4v) is 2.44. The van der Waals surface area contributed by atoms with Gasteiger partial charge in [0.2, 0.25) is 5.91 Å². The summed E-state index contributed by atoms with van der Waals surface area (Å²) in [5.41, 5.74) is 5.90. The lowest BCUT2D eigenvalue weighted by atomic mass is 10.2. The molecule has 3 nitrogen and oxygen atoms in total. The number of rotatable bonds is 5. The van der Waals surface area contributed by atoms with Crippen LogP contribution in [0.3, 0.4) is 0 Å². The van der Waals surface area contributed by atoms with Gasteiger partial charge in [0.05, 0.1) is 12.0 Å². The molecule has 2 aromatic carbocycles. The highest BCUT2D eigenvalue weighted by atomic mass is 32.2. The highest BCUT2D eigenvalue weighted by Crippen LogP contribution is 2.17. The topological polar surface area (TPSA) is 41.5 Å². The summed E-state index contributed by atoms with van der Waals surface area (Å²) in [6.07, 6.45) is 1.65. The van der Waals surface area contributed by atoms with Crippen LogP contribution in [0.25, 0.3) is 0 Å². The molecule has 2 rings (SSSR count). The van der Waals surface area contributed by atoms with Gasteiger partial charge in [-0.15, -0.1) is 11.8 Å². The summed E-state index contributed by atoms with van der Waals surface area (Å²) in [4.78, 5) is 12.8. The number of hydrazone groups is 1. The first-order valence-electron chi connectivity index (χ1n) is 6.71. The Morgan fingerprint density at radius 1 is 1.14 bits per heavy atom. The minimum absolute atomic E-state index is 0.107. The third kappa shape index (κ3) is 5.44. The van der Waals surface area contributed by atoms with Gasteiger partial charge in [0.1, 0.15) is 0 Å². The zero-order chi connectivity index (χ0) is 15.1. The lowest BCUT2D eigenvalue weighted by Crippen LogP contribution is -2.19. The summed E-state index contributed by atoms with van der Waals surface area (Å²) < 4.78 is 0. The van der Waals surface area contributed by atoms with Crippen LogP contribution in [-0.2, 0) is 4.79 Å². The maximum Gasteiger partial charge on any atom is 0.250 e. The molecule has 0 spiro atoms. The quantitative estimate of drug-likeness (QED) is 0.521. The molecule has 0 saturated carbocycles. The van der Waals surface area contributed by atoms with E-state index < -0.39 is 0 Å². The van der Waals surface area contributed by atoms with Crippen molar-refractivity contribution in [2.24, 2.45) is 5.10 Å². The number of thioether (sulfide) groups is 1. The van der Waals surface area contributed by atoms with E-state index in [1.807, 2.05) is 62.4 Å². The normalized spacial score (nSPS) is 10.8. The van der Waals surface area contributed by atoms with Gasteiger partial charge in [0.25, 0.3) is 0 Å². The van der Waals surface area contributed by atoms with Gasteiger partial charge in [-0.3, -0.25) is 4.79 Å². The maximum atomic E-state index is 11.7. The second-order valence-electron chi connectivity index (χ2n) is 4.81. The largest absolute Gasteiger partial charge is 0.272 e. The van der Waals surface area contributed by atoms with Crippen molar-refractivity contribution in [3.05, 3.63) is 65.2 Å². The van der Waals surface area contributed by atoms with Gasteiger partial charge >= 0.3 is 0 Å². The molecular formula is C17H18N2OS.